The minimum Gasteiger partial charge on any atom is -0.382 e. The van der Waals surface area contributed by atoms with Crippen LogP contribution in [0.1, 0.15) is 48.8 Å². The Morgan fingerprint density at radius 3 is 2.81 bits per heavy atom. The Bertz CT molecular complexity index is 595. The lowest BCUT2D eigenvalue weighted by Crippen LogP contribution is -2.26. The molecule has 2 aromatic rings. The number of aromatic amines is 1. The maximum Gasteiger partial charge on any atom is 0.272 e. The highest BCUT2D eigenvalue weighted by Crippen LogP contribution is 2.16. The van der Waals surface area contributed by atoms with Gasteiger partial charge in [-0.2, -0.15) is 5.10 Å². The largest absolute Gasteiger partial charge is 0.382 e. The lowest BCUT2D eigenvalue weighted by Gasteiger charge is -2.12. The molecule has 0 aliphatic carbocycles. The second-order valence-electron chi connectivity index (χ2n) is 4.79. The van der Waals surface area contributed by atoms with Crippen molar-refractivity contribution in [2.45, 2.75) is 33.2 Å². The Balaban J connectivity index is 2.18. The molecular formula is C13H19N7O. The van der Waals surface area contributed by atoms with Crippen LogP contribution in [0.4, 0.5) is 5.69 Å². The van der Waals surface area contributed by atoms with Crippen LogP contribution in [0.5, 0.6) is 0 Å². The topological polar surface area (TPSA) is 108 Å². The summed E-state index contributed by atoms with van der Waals surface area (Å²) in [5.74, 6) is 1.11. The highest BCUT2D eigenvalue weighted by atomic mass is 16.1. The fourth-order valence-corrected chi connectivity index (χ4v) is 1.73. The molecule has 0 spiro atoms. The molecule has 0 fully saturated rings. The van der Waals surface area contributed by atoms with Gasteiger partial charge in [0, 0.05) is 12.5 Å². The van der Waals surface area contributed by atoms with Crippen LogP contribution < -0.4 is 10.6 Å². The molecule has 0 bridgehead atoms. The van der Waals surface area contributed by atoms with Crippen molar-refractivity contribution in [3.05, 3.63) is 29.9 Å². The number of carbonyl (C=O) groups excluding carboxylic acids is 1. The normalized spacial score (nSPS) is 10.7. The lowest BCUT2D eigenvalue weighted by atomic mass is 10.2. The number of carbonyl (C=O) groups is 1. The Labute approximate surface area is 122 Å². The van der Waals surface area contributed by atoms with E-state index in [4.69, 9.17) is 0 Å². The van der Waals surface area contributed by atoms with Gasteiger partial charge in [0.1, 0.15) is 18.0 Å². The van der Waals surface area contributed by atoms with Crippen LogP contribution >= 0.6 is 0 Å². The summed E-state index contributed by atoms with van der Waals surface area (Å²) in [6, 6.07) is 0. The third-order valence-electron chi connectivity index (χ3n) is 2.79. The van der Waals surface area contributed by atoms with E-state index in [9.17, 15) is 4.79 Å². The summed E-state index contributed by atoms with van der Waals surface area (Å²) in [4.78, 5) is 24.9. The fourth-order valence-electron chi connectivity index (χ4n) is 1.73. The quantitative estimate of drug-likeness (QED) is 0.734. The molecule has 0 saturated carbocycles. The van der Waals surface area contributed by atoms with Crippen LogP contribution in [0.2, 0.25) is 0 Å². The Morgan fingerprint density at radius 2 is 2.19 bits per heavy atom. The van der Waals surface area contributed by atoms with Crippen molar-refractivity contribution in [1.29, 1.82) is 0 Å². The highest BCUT2D eigenvalue weighted by Gasteiger charge is 2.16. The predicted octanol–water partition coefficient (Wildman–Crippen LogP) is 1.08. The van der Waals surface area contributed by atoms with Gasteiger partial charge in [0.25, 0.3) is 5.91 Å². The second kappa shape index (κ2) is 6.78. The summed E-state index contributed by atoms with van der Waals surface area (Å²) >= 11 is 0. The Kier molecular flexibility index (Phi) is 4.81. The number of hydrogen-bond acceptors (Lipinski definition) is 6. The first kappa shape index (κ1) is 14.9. The monoisotopic (exact) mass is 289 g/mol. The average Bonchev–Trinajstić information content (AvgIpc) is 2.98. The second-order valence-corrected chi connectivity index (χ2v) is 4.79. The van der Waals surface area contributed by atoms with Gasteiger partial charge >= 0.3 is 0 Å². The summed E-state index contributed by atoms with van der Waals surface area (Å²) < 4.78 is 0. The first-order valence-electron chi connectivity index (χ1n) is 6.85. The molecule has 0 atom stereocenters. The number of anilines is 1. The van der Waals surface area contributed by atoms with Crippen LogP contribution in [0, 0.1) is 0 Å². The summed E-state index contributed by atoms with van der Waals surface area (Å²) in [6.07, 6.45) is 3.04. The van der Waals surface area contributed by atoms with Gasteiger partial charge in [-0.1, -0.05) is 13.8 Å². The minimum absolute atomic E-state index is 0.154. The molecule has 0 radical (unpaired) electrons. The van der Waals surface area contributed by atoms with E-state index in [1.165, 1.54) is 6.33 Å². The molecule has 0 aromatic carbocycles. The SMILES string of the molecule is CCNc1cnc(C(C)C)nc1C(=O)NCc1ncn[nH]1. The van der Waals surface area contributed by atoms with Crippen LogP contribution in [0.25, 0.3) is 0 Å². The molecule has 8 nitrogen and oxygen atoms in total. The summed E-state index contributed by atoms with van der Waals surface area (Å²) in [7, 11) is 0. The van der Waals surface area contributed by atoms with Gasteiger partial charge in [0.2, 0.25) is 0 Å². The zero-order chi connectivity index (χ0) is 15.2. The van der Waals surface area contributed by atoms with Crippen LogP contribution in [0.3, 0.4) is 0 Å². The minimum atomic E-state index is -0.272. The number of amides is 1. The van der Waals surface area contributed by atoms with Gasteiger partial charge in [-0.05, 0) is 6.92 Å². The Morgan fingerprint density at radius 1 is 1.38 bits per heavy atom. The zero-order valence-electron chi connectivity index (χ0n) is 12.3. The number of hydrogen-bond donors (Lipinski definition) is 3. The molecule has 3 N–H and O–H groups in total. The number of H-pyrrole nitrogens is 1. The first-order chi connectivity index (χ1) is 10.1. The summed E-state index contributed by atoms with van der Waals surface area (Å²) in [6.45, 7) is 6.88. The third-order valence-corrected chi connectivity index (χ3v) is 2.79. The van der Waals surface area contributed by atoms with Crippen molar-refractivity contribution in [3.63, 3.8) is 0 Å². The summed E-state index contributed by atoms with van der Waals surface area (Å²) in [5, 5.41) is 12.3. The zero-order valence-corrected chi connectivity index (χ0v) is 12.3. The molecule has 8 heteroatoms. The molecule has 2 heterocycles. The molecule has 112 valence electrons. The average molecular weight is 289 g/mol. The van der Waals surface area contributed by atoms with E-state index in [0.29, 0.717) is 29.6 Å². The van der Waals surface area contributed by atoms with Crippen molar-refractivity contribution in [3.8, 4) is 0 Å². The smallest absolute Gasteiger partial charge is 0.272 e. The molecule has 2 rings (SSSR count). The highest BCUT2D eigenvalue weighted by molar-refractivity contribution is 5.97. The van der Waals surface area contributed by atoms with Gasteiger partial charge in [0.05, 0.1) is 18.4 Å². The standard InChI is InChI=1S/C13H19N7O/c1-4-14-9-5-15-12(8(2)3)19-11(9)13(21)16-6-10-17-7-18-20-10/h5,7-8,14H,4,6H2,1-3H3,(H,16,21)(H,17,18,20). The lowest BCUT2D eigenvalue weighted by molar-refractivity contribution is 0.0945. The van der Waals surface area contributed by atoms with Gasteiger partial charge in [-0.3, -0.25) is 9.89 Å². The Hall–Kier alpha value is -2.51. The molecule has 0 aliphatic heterocycles. The van der Waals surface area contributed by atoms with E-state index in [1.807, 2.05) is 20.8 Å². The van der Waals surface area contributed by atoms with Gasteiger partial charge in [-0.25, -0.2) is 15.0 Å². The number of rotatable bonds is 6. The number of nitrogens with one attached hydrogen (secondary N) is 3. The fraction of sp³-hybridized carbons (Fsp3) is 0.462. The third kappa shape index (κ3) is 3.74. The van der Waals surface area contributed by atoms with Gasteiger partial charge in [0.15, 0.2) is 5.69 Å². The molecule has 0 saturated heterocycles. The maximum absolute atomic E-state index is 12.3. The van der Waals surface area contributed by atoms with E-state index >= 15 is 0 Å². The predicted molar refractivity (Wildman–Crippen MR) is 77.8 cm³/mol. The maximum atomic E-state index is 12.3. The van der Waals surface area contributed by atoms with Gasteiger partial charge < -0.3 is 10.6 Å². The van der Waals surface area contributed by atoms with Crippen molar-refractivity contribution in [1.82, 2.24) is 30.5 Å². The molecule has 0 aliphatic rings. The van der Waals surface area contributed by atoms with Gasteiger partial charge in [-0.15, -0.1) is 0 Å². The van der Waals surface area contributed by atoms with Crippen molar-refractivity contribution >= 4 is 11.6 Å². The van der Waals surface area contributed by atoms with Crippen molar-refractivity contribution < 1.29 is 4.79 Å². The number of aromatic nitrogens is 5. The summed E-state index contributed by atoms with van der Waals surface area (Å²) in [5.41, 5.74) is 0.965. The van der Waals surface area contributed by atoms with Crippen molar-refractivity contribution in [2.75, 3.05) is 11.9 Å². The van der Waals surface area contributed by atoms with E-state index in [2.05, 4.69) is 35.8 Å². The molecule has 2 aromatic heterocycles. The number of nitrogens with zero attached hydrogens (tertiary/aromatic N) is 4. The van der Waals surface area contributed by atoms with Crippen LogP contribution in [-0.4, -0.2) is 37.6 Å². The molecule has 21 heavy (non-hydrogen) atoms. The van der Waals surface area contributed by atoms with E-state index in [0.717, 1.165) is 0 Å². The van der Waals surface area contributed by atoms with Crippen LogP contribution in [0.15, 0.2) is 12.5 Å². The molecular weight excluding hydrogens is 270 g/mol. The molecule has 0 unspecified atom stereocenters. The first-order valence-corrected chi connectivity index (χ1v) is 6.85. The van der Waals surface area contributed by atoms with E-state index in [-0.39, 0.29) is 18.4 Å². The van der Waals surface area contributed by atoms with Crippen LogP contribution in [-0.2, 0) is 6.54 Å². The van der Waals surface area contributed by atoms with E-state index in [1.54, 1.807) is 6.20 Å². The van der Waals surface area contributed by atoms with E-state index < -0.39 is 0 Å². The molecule has 1 amide bonds. The van der Waals surface area contributed by atoms with Crippen molar-refractivity contribution in [2.24, 2.45) is 0 Å².